The number of anilines is 1. The summed E-state index contributed by atoms with van der Waals surface area (Å²) in [5.74, 6) is -0.319. The molecule has 1 fully saturated rings. The molecule has 0 saturated heterocycles. The smallest absolute Gasteiger partial charge is 0.282 e. The molecule has 0 spiro atoms. The fourth-order valence-electron chi connectivity index (χ4n) is 2.89. The number of hydrogen-bond acceptors (Lipinski definition) is 4. The number of amides is 1. The molecule has 21 heavy (non-hydrogen) atoms. The maximum Gasteiger partial charge on any atom is 0.282 e. The molecule has 1 aliphatic rings. The Morgan fingerprint density at radius 3 is 2.48 bits per heavy atom. The van der Waals surface area contributed by atoms with Crippen LogP contribution in [0.4, 0.5) is 11.4 Å². The van der Waals surface area contributed by atoms with Crippen LogP contribution < -0.4 is 5.73 Å². The van der Waals surface area contributed by atoms with Gasteiger partial charge in [-0.1, -0.05) is 25.7 Å². The van der Waals surface area contributed by atoms with Crippen LogP contribution in [0, 0.1) is 10.1 Å². The molecule has 0 atom stereocenters. The van der Waals surface area contributed by atoms with Crippen LogP contribution in [0.5, 0.6) is 0 Å². The predicted octanol–water partition coefficient (Wildman–Crippen LogP) is 2.97. The van der Waals surface area contributed by atoms with E-state index in [-0.39, 0.29) is 23.2 Å². The van der Waals surface area contributed by atoms with Crippen molar-refractivity contribution in [1.82, 2.24) is 4.90 Å². The van der Waals surface area contributed by atoms with Gasteiger partial charge in [-0.05, 0) is 25.0 Å². The topological polar surface area (TPSA) is 89.5 Å². The average molecular weight is 291 g/mol. The fourth-order valence-corrected chi connectivity index (χ4v) is 2.89. The highest BCUT2D eigenvalue weighted by Gasteiger charge is 2.27. The van der Waals surface area contributed by atoms with Crippen LogP contribution in [0.1, 0.15) is 48.9 Å². The van der Waals surface area contributed by atoms with Gasteiger partial charge >= 0.3 is 0 Å². The minimum Gasteiger partial charge on any atom is -0.399 e. The first-order valence-corrected chi connectivity index (χ1v) is 7.32. The van der Waals surface area contributed by atoms with Crippen LogP contribution >= 0.6 is 0 Å². The number of nitrogens with two attached hydrogens (primary N) is 1. The van der Waals surface area contributed by atoms with Gasteiger partial charge in [-0.15, -0.1) is 0 Å². The second-order valence-electron chi connectivity index (χ2n) is 5.60. The maximum atomic E-state index is 12.6. The van der Waals surface area contributed by atoms with Crippen LogP contribution in [0.3, 0.4) is 0 Å². The standard InChI is InChI=1S/C15H21N3O3/c1-17(12-6-4-2-3-5-7-12)15(19)13-10-11(16)8-9-14(13)18(20)21/h8-10,12H,2-7,16H2,1H3. The molecular formula is C15H21N3O3. The Bertz CT molecular complexity index is 537. The zero-order valence-electron chi connectivity index (χ0n) is 12.2. The highest BCUT2D eigenvalue weighted by molar-refractivity contribution is 5.99. The molecule has 0 heterocycles. The van der Waals surface area contributed by atoms with Crippen molar-refractivity contribution in [2.75, 3.05) is 12.8 Å². The van der Waals surface area contributed by atoms with Gasteiger partial charge in [0.15, 0.2) is 0 Å². The maximum absolute atomic E-state index is 12.6. The van der Waals surface area contributed by atoms with E-state index in [4.69, 9.17) is 5.73 Å². The molecule has 0 radical (unpaired) electrons. The van der Waals surface area contributed by atoms with E-state index in [1.807, 2.05) is 0 Å². The zero-order valence-corrected chi connectivity index (χ0v) is 12.2. The molecule has 0 aromatic heterocycles. The Labute approximate surface area is 124 Å². The van der Waals surface area contributed by atoms with Crippen LogP contribution in [-0.4, -0.2) is 28.8 Å². The summed E-state index contributed by atoms with van der Waals surface area (Å²) in [7, 11) is 1.73. The molecule has 1 saturated carbocycles. The summed E-state index contributed by atoms with van der Waals surface area (Å²) in [6.07, 6.45) is 6.49. The summed E-state index contributed by atoms with van der Waals surface area (Å²) in [6, 6.07) is 4.29. The molecule has 2 N–H and O–H groups in total. The van der Waals surface area contributed by atoms with Gasteiger partial charge in [0, 0.05) is 24.8 Å². The first-order valence-electron chi connectivity index (χ1n) is 7.32. The minimum absolute atomic E-state index is 0.0757. The Hall–Kier alpha value is -2.11. The van der Waals surface area contributed by atoms with Crippen molar-refractivity contribution in [3.8, 4) is 0 Å². The lowest BCUT2D eigenvalue weighted by atomic mass is 10.1. The lowest BCUT2D eigenvalue weighted by Crippen LogP contribution is -2.37. The van der Waals surface area contributed by atoms with E-state index in [0.717, 1.165) is 25.7 Å². The summed E-state index contributed by atoms with van der Waals surface area (Å²) in [5, 5.41) is 11.1. The number of nitro groups is 1. The molecular weight excluding hydrogens is 270 g/mol. The molecule has 6 heteroatoms. The Balaban J connectivity index is 2.26. The molecule has 2 rings (SSSR count). The predicted molar refractivity (Wildman–Crippen MR) is 81.1 cm³/mol. The molecule has 0 aliphatic heterocycles. The van der Waals surface area contributed by atoms with Crippen LogP contribution in [0.2, 0.25) is 0 Å². The van der Waals surface area contributed by atoms with Gasteiger partial charge in [0.05, 0.1) is 4.92 Å². The highest BCUT2D eigenvalue weighted by Crippen LogP contribution is 2.26. The minimum atomic E-state index is -0.534. The molecule has 1 amide bonds. The molecule has 114 valence electrons. The van der Waals surface area contributed by atoms with Crippen molar-refractivity contribution in [2.24, 2.45) is 0 Å². The normalized spacial score (nSPS) is 16.2. The monoisotopic (exact) mass is 291 g/mol. The number of benzene rings is 1. The van der Waals surface area contributed by atoms with Crippen molar-refractivity contribution in [2.45, 2.75) is 44.6 Å². The summed E-state index contributed by atoms with van der Waals surface area (Å²) >= 11 is 0. The van der Waals surface area contributed by atoms with Gasteiger partial charge in [0.2, 0.25) is 0 Å². The molecule has 6 nitrogen and oxygen atoms in total. The van der Waals surface area contributed by atoms with Gasteiger partial charge < -0.3 is 10.6 Å². The van der Waals surface area contributed by atoms with Crippen molar-refractivity contribution in [1.29, 1.82) is 0 Å². The molecule has 0 unspecified atom stereocenters. The van der Waals surface area contributed by atoms with Crippen molar-refractivity contribution < 1.29 is 9.72 Å². The summed E-state index contributed by atoms with van der Waals surface area (Å²) in [6.45, 7) is 0. The first-order chi connectivity index (χ1) is 10.0. The summed E-state index contributed by atoms with van der Waals surface area (Å²) in [5.41, 5.74) is 5.93. The lowest BCUT2D eigenvalue weighted by molar-refractivity contribution is -0.385. The van der Waals surface area contributed by atoms with Gasteiger partial charge in [0.25, 0.3) is 11.6 Å². The van der Waals surface area contributed by atoms with Gasteiger partial charge in [-0.2, -0.15) is 0 Å². The molecule has 1 aromatic carbocycles. The lowest BCUT2D eigenvalue weighted by Gasteiger charge is -2.27. The number of nitrogens with zero attached hydrogens (tertiary/aromatic N) is 2. The van der Waals surface area contributed by atoms with E-state index in [0.29, 0.717) is 5.69 Å². The number of nitrogen functional groups attached to an aromatic ring is 1. The highest BCUT2D eigenvalue weighted by atomic mass is 16.6. The molecule has 1 aliphatic carbocycles. The van der Waals surface area contributed by atoms with Gasteiger partial charge in [-0.3, -0.25) is 14.9 Å². The first kappa shape index (κ1) is 15.3. The van der Waals surface area contributed by atoms with E-state index in [1.165, 1.54) is 31.0 Å². The quantitative estimate of drug-likeness (QED) is 0.401. The number of hydrogen-bond donors (Lipinski definition) is 1. The van der Waals surface area contributed by atoms with Crippen molar-refractivity contribution >= 4 is 17.3 Å². The van der Waals surface area contributed by atoms with E-state index < -0.39 is 4.92 Å². The van der Waals surface area contributed by atoms with E-state index in [2.05, 4.69) is 0 Å². The van der Waals surface area contributed by atoms with Gasteiger partial charge in [0.1, 0.15) is 5.56 Å². The zero-order chi connectivity index (χ0) is 15.4. The number of carbonyl (C=O) groups is 1. The second kappa shape index (κ2) is 6.56. The van der Waals surface area contributed by atoms with E-state index >= 15 is 0 Å². The number of nitro benzene ring substituents is 1. The SMILES string of the molecule is CN(C(=O)c1cc(N)ccc1[N+](=O)[O-])C1CCCCCC1. The largest absolute Gasteiger partial charge is 0.399 e. The third-order valence-electron chi connectivity index (χ3n) is 4.14. The summed E-state index contributed by atoms with van der Waals surface area (Å²) in [4.78, 5) is 24.8. The Morgan fingerprint density at radius 1 is 1.29 bits per heavy atom. The van der Waals surface area contributed by atoms with Gasteiger partial charge in [-0.25, -0.2) is 0 Å². The number of rotatable bonds is 3. The average Bonchev–Trinajstić information content (AvgIpc) is 2.74. The Morgan fingerprint density at radius 2 is 1.90 bits per heavy atom. The van der Waals surface area contributed by atoms with Crippen LogP contribution in [0.25, 0.3) is 0 Å². The van der Waals surface area contributed by atoms with E-state index in [1.54, 1.807) is 11.9 Å². The van der Waals surface area contributed by atoms with Crippen molar-refractivity contribution in [3.05, 3.63) is 33.9 Å². The number of carbonyl (C=O) groups excluding carboxylic acids is 1. The third kappa shape index (κ3) is 3.51. The molecule has 0 bridgehead atoms. The van der Waals surface area contributed by atoms with Crippen LogP contribution in [-0.2, 0) is 0 Å². The van der Waals surface area contributed by atoms with Crippen molar-refractivity contribution in [3.63, 3.8) is 0 Å². The fraction of sp³-hybridized carbons (Fsp3) is 0.533. The second-order valence-corrected chi connectivity index (χ2v) is 5.60. The third-order valence-corrected chi connectivity index (χ3v) is 4.14. The Kier molecular flexibility index (Phi) is 4.77. The summed E-state index contributed by atoms with van der Waals surface area (Å²) < 4.78 is 0. The van der Waals surface area contributed by atoms with Crippen LogP contribution in [0.15, 0.2) is 18.2 Å². The van der Waals surface area contributed by atoms with E-state index in [9.17, 15) is 14.9 Å². The molecule has 1 aromatic rings.